The molecule has 2 N–H and O–H groups in total. The molecule has 0 aromatic carbocycles. The molecule has 0 aliphatic carbocycles. The van der Waals surface area contributed by atoms with Crippen molar-refractivity contribution in [2.24, 2.45) is 0 Å². The van der Waals surface area contributed by atoms with E-state index in [1.807, 2.05) is 18.5 Å². The van der Waals surface area contributed by atoms with Gasteiger partial charge in [-0.25, -0.2) is 15.0 Å². The van der Waals surface area contributed by atoms with Gasteiger partial charge >= 0.3 is 0 Å². The molecule has 3 aromatic rings. The normalized spacial score (nSPS) is 23.6. The summed E-state index contributed by atoms with van der Waals surface area (Å²) in [5.74, 6) is 0.746. The van der Waals surface area contributed by atoms with Crippen LogP contribution in [-0.2, 0) is 0 Å². The summed E-state index contributed by atoms with van der Waals surface area (Å²) in [6.45, 7) is 3.29. The van der Waals surface area contributed by atoms with Crippen LogP contribution in [0.25, 0.3) is 22.4 Å². The molecule has 2 aliphatic heterocycles. The van der Waals surface area contributed by atoms with Gasteiger partial charge in [-0.05, 0) is 44.4 Å². The molecule has 0 bridgehead atoms. The first kappa shape index (κ1) is 15.8. The van der Waals surface area contributed by atoms with Gasteiger partial charge < -0.3 is 15.2 Å². The van der Waals surface area contributed by atoms with Crippen LogP contribution in [0.2, 0.25) is 0 Å². The Bertz CT molecular complexity index is 892. The molecule has 2 saturated heterocycles. The lowest BCUT2D eigenvalue weighted by molar-refractivity contribution is 0.216. The molecule has 134 valence electrons. The molecular formula is C20H24N6. The highest BCUT2D eigenvalue weighted by atomic mass is 15.2. The van der Waals surface area contributed by atoms with Gasteiger partial charge in [0.1, 0.15) is 5.65 Å². The number of hydrogen-bond acceptors (Lipinski definition) is 5. The van der Waals surface area contributed by atoms with Crippen LogP contribution in [0.1, 0.15) is 32.1 Å². The first-order valence-electron chi connectivity index (χ1n) is 9.58. The minimum atomic E-state index is 0.270. The fourth-order valence-corrected chi connectivity index (χ4v) is 4.63. The SMILES string of the molecule is c1cnc(-c2c[nH]c3nccc(N4CCCC5(CCCCN5)C4)c23)nc1. The predicted octanol–water partition coefficient (Wildman–Crippen LogP) is 3.13. The summed E-state index contributed by atoms with van der Waals surface area (Å²) in [5, 5.41) is 4.96. The second-order valence-corrected chi connectivity index (χ2v) is 7.52. The van der Waals surface area contributed by atoms with Crippen molar-refractivity contribution in [3.05, 3.63) is 36.9 Å². The monoisotopic (exact) mass is 348 g/mol. The van der Waals surface area contributed by atoms with Gasteiger partial charge in [-0.3, -0.25) is 0 Å². The third-order valence-corrected chi connectivity index (χ3v) is 5.86. The zero-order valence-corrected chi connectivity index (χ0v) is 14.9. The van der Waals surface area contributed by atoms with E-state index in [0.29, 0.717) is 0 Å². The number of pyridine rings is 1. The van der Waals surface area contributed by atoms with Gasteiger partial charge in [0.15, 0.2) is 5.82 Å². The Hall–Kier alpha value is -2.47. The Labute approximate surface area is 153 Å². The molecule has 6 nitrogen and oxygen atoms in total. The number of piperidine rings is 2. The summed E-state index contributed by atoms with van der Waals surface area (Å²) in [7, 11) is 0. The van der Waals surface area contributed by atoms with Crippen molar-refractivity contribution in [1.82, 2.24) is 25.3 Å². The van der Waals surface area contributed by atoms with Crippen LogP contribution in [0.4, 0.5) is 5.69 Å². The number of rotatable bonds is 2. The lowest BCUT2D eigenvalue weighted by atomic mass is 9.81. The maximum atomic E-state index is 4.53. The van der Waals surface area contributed by atoms with Crippen LogP contribution in [-0.4, -0.2) is 45.1 Å². The van der Waals surface area contributed by atoms with E-state index in [9.17, 15) is 0 Å². The molecule has 5 rings (SSSR count). The van der Waals surface area contributed by atoms with E-state index in [1.165, 1.54) is 37.8 Å². The van der Waals surface area contributed by atoms with Crippen LogP contribution in [0, 0.1) is 0 Å². The Morgan fingerprint density at radius 1 is 1.00 bits per heavy atom. The quantitative estimate of drug-likeness (QED) is 0.745. The Morgan fingerprint density at radius 2 is 1.88 bits per heavy atom. The van der Waals surface area contributed by atoms with Crippen LogP contribution < -0.4 is 10.2 Å². The van der Waals surface area contributed by atoms with E-state index in [4.69, 9.17) is 0 Å². The average Bonchev–Trinajstić information content (AvgIpc) is 3.14. The number of nitrogens with one attached hydrogen (secondary N) is 2. The Kier molecular flexibility index (Phi) is 3.85. The zero-order chi connectivity index (χ0) is 17.4. The number of aromatic nitrogens is 4. The van der Waals surface area contributed by atoms with Crippen LogP contribution >= 0.6 is 0 Å². The standard InChI is InChI=1S/C20H24N6/c1-2-10-25-20(6-1)7-3-12-26(14-20)16-5-11-23-19-17(16)15(13-24-19)18-21-8-4-9-22-18/h4-5,8-9,11,13,25H,1-3,6-7,10,12,14H2,(H,23,24). The van der Waals surface area contributed by atoms with E-state index in [1.54, 1.807) is 12.4 Å². The van der Waals surface area contributed by atoms with Crippen molar-refractivity contribution in [3.63, 3.8) is 0 Å². The maximum Gasteiger partial charge on any atom is 0.161 e. The second kappa shape index (κ2) is 6.36. The highest BCUT2D eigenvalue weighted by Gasteiger charge is 2.37. The first-order valence-corrected chi connectivity index (χ1v) is 9.58. The summed E-state index contributed by atoms with van der Waals surface area (Å²) in [6.07, 6.45) is 13.9. The van der Waals surface area contributed by atoms with Gasteiger partial charge in [-0.1, -0.05) is 6.42 Å². The van der Waals surface area contributed by atoms with Gasteiger partial charge in [0.05, 0.1) is 11.1 Å². The summed E-state index contributed by atoms with van der Waals surface area (Å²) >= 11 is 0. The number of hydrogen-bond donors (Lipinski definition) is 2. The van der Waals surface area contributed by atoms with Crippen molar-refractivity contribution in [2.75, 3.05) is 24.5 Å². The van der Waals surface area contributed by atoms with Gasteiger partial charge in [0.2, 0.25) is 0 Å². The van der Waals surface area contributed by atoms with Crippen molar-refractivity contribution in [3.8, 4) is 11.4 Å². The van der Waals surface area contributed by atoms with E-state index >= 15 is 0 Å². The fourth-order valence-electron chi connectivity index (χ4n) is 4.63. The highest BCUT2D eigenvalue weighted by molar-refractivity contribution is 6.01. The molecule has 3 aromatic heterocycles. The number of aromatic amines is 1. The molecule has 1 spiro atoms. The largest absolute Gasteiger partial charge is 0.369 e. The molecule has 0 saturated carbocycles. The molecule has 1 unspecified atom stereocenters. The second-order valence-electron chi connectivity index (χ2n) is 7.52. The minimum Gasteiger partial charge on any atom is -0.369 e. The minimum absolute atomic E-state index is 0.270. The van der Waals surface area contributed by atoms with Crippen LogP contribution in [0.3, 0.4) is 0 Å². The van der Waals surface area contributed by atoms with Crippen molar-refractivity contribution >= 4 is 16.7 Å². The number of H-pyrrole nitrogens is 1. The molecule has 0 radical (unpaired) electrons. The predicted molar refractivity (Wildman–Crippen MR) is 103 cm³/mol. The van der Waals surface area contributed by atoms with Gasteiger partial charge in [0.25, 0.3) is 0 Å². The van der Waals surface area contributed by atoms with E-state index in [-0.39, 0.29) is 5.54 Å². The summed E-state index contributed by atoms with van der Waals surface area (Å²) in [5.41, 5.74) is 3.44. The zero-order valence-electron chi connectivity index (χ0n) is 14.9. The van der Waals surface area contributed by atoms with Crippen molar-refractivity contribution in [2.45, 2.75) is 37.6 Å². The molecule has 2 aliphatic rings. The third kappa shape index (κ3) is 2.65. The Morgan fingerprint density at radius 3 is 2.73 bits per heavy atom. The number of nitrogens with zero attached hydrogens (tertiary/aromatic N) is 4. The molecule has 0 amide bonds. The summed E-state index contributed by atoms with van der Waals surface area (Å²) in [4.78, 5) is 19.3. The lowest BCUT2D eigenvalue weighted by Crippen LogP contribution is -2.59. The molecular weight excluding hydrogens is 324 g/mol. The number of fused-ring (bicyclic) bond motifs is 1. The van der Waals surface area contributed by atoms with Gasteiger partial charge in [-0.2, -0.15) is 0 Å². The van der Waals surface area contributed by atoms with E-state index in [2.05, 4.69) is 36.2 Å². The van der Waals surface area contributed by atoms with Crippen molar-refractivity contribution < 1.29 is 0 Å². The number of anilines is 1. The third-order valence-electron chi connectivity index (χ3n) is 5.86. The fraction of sp³-hybridized carbons (Fsp3) is 0.450. The lowest BCUT2D eigenvalue weighted by Gasteiger charge is -2.47. The first-order chi connectivity index (χ1) is 12.8. The highest BCUT2D eigenvalue weighted by Crippen LogP contribution is 2.37. The summed E-state index contributed by atoms with van der Waals surface area (Å²) in [6, 6.07) is 3.99. The smallest absolute Gasteiger partial charge is 0.161 e. The van der Waals surface area contributed by atoms with Crippen LogP contribution in [0.5, 0.6) is 0 Å². The van der Waals surface area contributed by atoms with E-state index in [0.717, 1.165) is 42.1 Å². The maximum absolute atomic E-state index is 4.53. The molecule has 2 fully saturated rings. The van der Waals surface area contributed by atoms with Gasteiger partial charge in [0, 0.05) is 49.0 Å². The molecule has 6 heteroatoms. The molecule has 26 heavy (non-hydrogen) atoms. The van der Waals surface area contributed by atoms with Crippen LogP contribution in [0.15, 0.2) is 36.9 Å². The Balaban J connectivity index is 1.57. The topological polar surface area (TPSA) is 69.7 Å². The van der Waals surface area contributed by atoms with Crippen molar-refractivity contribution in [1.29, 1.82) is 0 Å². The molecule has 1 atom stereocenters. The average molecular weight is 348 g/mol. The van der Waals surface area contributed by atoms with E-state index < -0.39 is 0 Å². The summed E-state index contributed by atoms with van der Waals surface area (Å²) < 4.78 is 0. The molecule has 5 heterocycles. The van der Waals surface area contributed by atoms with Gasteiger partial charge in [-0.15, -0.1) is 0 Å².